The summed E-state index contributed by atoms with van der Waals surface area (Å²) in [5.74, 6) is 2.42. The summed E-state index contributed by atoms with van der Waals surface area (Å²) < 4.78 is 15.8. The first kappa shape index (κ1) is 15.2. The van der Waals surface area contributed by atoms with Crippen LogP contribution < -0.4 is 0 Å². The fourth-order valence-corrected chi connectivity index (χ4v) is 3.04. The van der Waals surface area contributed by atoms with E-state index in [9.17, 15) is 0 Å². The number of rotatable bonds is 4. The minimum Gasteiger partial charge on any atom is -0.455 e. The quantitative estimate of drug-likeness (QED) is 0.722. The lowest BCUT2D eigenvalue weighted by atomic mass is 10.1. The average molecular weight is 326 g/mol. The standard InChI is InChI=1S/C18H22N4O2/c1-13(2)22-12-14(11-20-22)21-9-8-19-18(21)17-7-6-16(24-17)15-5-3-4-10-23-15/h6-9,11-13,15H,3-5,10H2,1-2H3. The van der Waals surface area contributed by atoms with E-state index in [1.807, 2.05) is 40.0 Å². The van der Waals surface area contributed by atoms with Crippen LogP contribution in [0.3, 0.4) is 0 Å². The van der Waals surface area contributed by atoms with E-state index >= 15 is 0 Å². The molecule has 4 heterocycles. The van der Waals surface area contributed by atoms with Crippen molar-refractivity contribution in [2.24, 2.45) is 0 Å². The summed E-state index contributed by atoms with van der Waals surface area (Å²) in [5, 5.41) is 4.40. The lowest BCUT2D eigenvalue weighted by Gasteiger charge is -2.20. The van der Waals surface area contributed by atoms with Gasteiger partial charge >= 0.3 is 0 Å². The van der Waals surface area contributed by atoms with Crippen LogP contribution in [-0.2, 0) is 4.74 Å². The number of hydrogen-bond donors (Lipinski definition) is 0. The third-order valence-corrected chi connectivity index (χ3v) is 4.38. The summed E-state index contributed by atoms with van der Waals surface area (Å²) >= 11 is 0. The highest BCUT2D eigenvalue weighted by Crippen LogP contribution is 2.32. The Hall–Kier alpha value is -2.34. The van der Waals surface area contributed by atoms with Crippen LogP contribution in [0.25, 0.3) is 17.3 Å². The second kappa shape index (κ2) is 6.28. The summed E-state index contributed by atoms with van der Waals surface area (Å²) in [5.41, 5.74) is 0.975. The van der Waals surface area contributed by atoms with Gasteiger partial charge in [0.25, 0.3) is 0 Å². The molecule has 6 heteroatoms. The van der Waals surface area contributed by atoms with Gasteiger partial charge in [0.1, 0.15) is 11.9 Å². The minimum atomic E-state index is 0.0691. The van der Waals surface area contributed by atoms with Gasteiger partial charge in [-0.3, -0.25) is 9.25 Å². The molecule has 3 aromatic rings. The molecule has 0 amide bonds. The molecule has 1 saturated heterocycles. The minimum absolute atomic E-state index is 0.0691. The maximum atomic E-state index is 6.05. The van der Waals surface area contributed by atoms with Crippen LogP contribution >= 0.6 is 0 Å². The zero-order valence-electron chi connectivity index (χ0n) is 14.1. The van der Waals surface area contributed by atoms with Crippen LogP contribution in [-0.4, -0.2) is 25.9 Å². The Morgan fingerprint density at radius 3 is 2.92 bits per heavy atom. The lowest BCUT2D eigenvalue weighted by Crippen LogP contribution is -2.10. The largest absolute Gasteiger partial charge is 0.455 e. The highest BCUT2D eigenvalue weighted by molar-refractivity contribution is 5.52. The number of nitrogens with zero attached hydrogens (tertiary/aromatic N) is 4. The van der Waals surface area contributed by atoms with Crippen molar-refractivity contribution in [1.29, 1.82) is 0 Å². The van der Waals surface area contributed by atoms with Crippen molar-refractivity contribution >= 4 is 0 Å². The van der Waals surface area contributed by atoms with E-state index in [0.717, 1.165) is 42.5 Å². The summed E-state index contributed by atoms with van der Waals surface area (Å²) in [4.78, 5) is 4.47. The van der Waals surface area contributed by atoms with Gasteiger partial charge in [0.15, 0.2) is 11.6 Å². The highest BCUT2D eigenvalue weighted by Gasteiger charge is 2.21. The molecule has 1 aliphatic heterocycles. The molecule has 1 fully saturated rings. The molecule has 24 heavy (non-hydrogen) atoms. The Morgan fingerprint density at radius 1 is 1.25 bits per heavy atom. The smallest absolute Gasteiger partial charge is 0.180 e. The van der Waals surface area contributed by atoms with Crippen molar-refractivity contribution in [3.8, 4) is 17.3 Å². The van der Waals surface area contributed by atoms with Gasteiger partial charge in [0.2, 0.25) is 0 Å². The first-order valence-electron chi connectivity index (χ1n) is 8.52. The van der Waals surface area contributed by atoms with E-state index < -0.39 is 0 Å². The molecule has 0 saturated carbocycles. The van der Waals surface area contributed by atoms with Gasteiger partial charge in [-0.15, -0.1) is 0 Å². The number of ether oxygens (including phenoxy) is 1. The van der Waals surface area contributed by atoms with Gasteiger partial charge in [-0.1, -0.05) is 0 Å². The Kier molecular flexibility index (Phi) is 3.98. The summed E-state index contributed by atoms with van der Waals surface area (Å²) in [6.07, 6.45) is 11.0. The third-order valence-electron chi connectivity index (χ3n) is 4.38. The van der Waals surface area contributed by atoms with Gasteiger partial charge in [0, 0.05) is 31.2 Å². The zero-order chi connectivity index (χ0) is 16.5. The Bertz CT molecular complexity index is 808. The van der Waals surface area contributed by atoms with E-state index in [0.29, 0.717) is 6.04 Å². The van der Waals surface area contributed by atoms with Crippen LogP contribution in [0.5, 0.6) is 0 Å². The van der Waals surface area contributed by atoms with Crippen LogP contribution in [0, 0.1) is 0 Å². The molecule has 0 aromatic carbocycles. The molecule has 1 aliphatic rings. The molecular weight excluding hydrogens is 304 g/mol. The maximum Gasteiger partial charge on any atom is 0.180 e. The second-order valence-electron chi connectivity index (χ2n) is 6.45. The first-order valence-corrected chi connectivity index (χ1v) is 8.52. The van der Waals surface area contributed by atoms with Gasteiger partial charge in [-0.2, -0.15) is 5.10 Å². The van der Waals surface area contributed by atoms with E-state index in [2.05, 4.69) is 23.9 Å². The van der Waals surface area contributed by atoms with Crippen molar-refractivity contribution in [1.82, 2.24) is 19.3 Å². The fraction of sp³-hybridized carbons (Fsp3) is 0.444. The number of furan rings is 1. The zero-order valence-corrected chi connectivity index (χ0v) is 14.1. The molecule has 0 bridgehead atoms. The number of imidazole rings is 1. The number of aromatic nitrogens is 4. The number of hydrogen-bond acceptors (Lipinski definition) is 4. The molecular formula is C18H22N4O2. The van der Waals surface area contributed by atoms with Crippen molar-refractivity contribution < 1.29 is 9.15 Å². The normalized spacial score (nSPS) is 18.4. The predicted octanol–water partition coefficient (Wildman–Crippen LogP) is 4.15. The molecule has 4 rings (SSSR count). The topological polar surface area (TPSA) is 58.0 Å². The fourth-order valence-electron chi connectivity index (χ4n) is 3.04. The van der Waals surface area contributed by atoms with Gasteiger partial charge in [-0.25, -0.2) is 4.98 Å². The van der Waals surface area contributed by atoms with Crippen molar-refractivity contribution in [3.05, 3.63) is 42.7 Å². The Morgan fingerprint density at radius 2 is 2.17 bits per heavy atom. The monoisotopic (exact) mass is 326 g/mol. The SMILES string of the molecule is CC(C)n1cc(-n2ccnc2-c2ccc(C3CCCCO3)o2)cn1. The Balaban J connectivity index is 1.63. The van der Waals surface area contributed by atoms with Gasteiger partial charge in [0.05, 0.1) is 11.9 Å². The average Bonchev–Trinajstić information content (AvgIpc) is 3.33. The second-order valence-corrected chi connectivity index (χ2v) is 6.45. The van der Waals surface area contributed by atoms with E-state index in [1.165, 1.54) is 6.42 Å². The molecule has 3 aromatic heterocycles. The molecule has 1 atom stereocenters. The van der Waals surface area contributed by atoms with E-state index in [4.69, 9.17) is 9.15 Å². The molecule has 0 spiro atoms. The maximum absolute atomic E-state index is 6.05. The van der Waals surface area contributed by atoms with Crippen LogP contribution in [0.15, 0.2) is 41.3 Å². The van der Waals surface area contributed by atoms with Crippen molar-refractivity contribution in [2.75, 3.05) is 6.61 Å². The summed E-state index contributed by atoms with van der Waals surface area (Å²) in [7, 11) is 0. The third kappa shape index (κ3) is 2.78. The van der Waals surface area contributed by atoms with Crippen LogP contribution in [0.1, 0.15) is 51.0 Å². The molecule has 6 nitrogen and oxygen atoms in total. The van der Waals surface area contributed by atoms with Crippen molar-refractivity contribution in [2.45, 2.75) is 45.3 Å². The van der Waals surface area contributed by atoms with E-state index in [-0.39, 0.29) is 6.10 Å². The molecule has 126 valence electrons. The van der Waals surface area contributed by atoms with Gasteiger partial charge in [-0.05, 0) is 45.2 Å². The van der Waals surface area contributed by atoms with E-state index in [1.54, 1.807) is 6.20 Å². The predicted molar refractivity (Wildman–Crippen MR) is 90.0 cm³/mol. The molecule has 1 unspecified atom stereocenters. The van der Waals surface area contributed by atoms with Crippen LogP contribution in [0.4, 0.5) is 0 Å². The molecule has 0 N–H and O–H groups in total. The summed E-state index contributed by atoms with van der Waals surface area (Å²) in [6, 6.07) is 4.30. The van der Waals surface area contributed by atoms with Gasteiger partial charge < -0.3 is 9.15 Å². The van der Waals surface area contributed by atoms with Crippen LogP contribution in [0.2, 0.25) is 0 Å². The van der Waals surface area contributed by atoms with Crippen molar-refractivity contribution in [3.63, 3.8) is 0 Å². The first-order chi connectivity index (χ1) is 11.7. The summed E-state index contributed by atoms with van der Waals surface area (Å²) in [6.45, 7) is 5.02. The Labute approximate surface area is 141 Å². The molecule has 0 aliphatic carbocycles. The highest BCUT2D eigenvalue weighted by atomic mass is 16.5. The molecule has 0 radical (unpaired) electrons. The lowest BCUT2D eigenvalue weighted by molar-refractivity contribution is 0.00219.